The van der Waals surface area contributed by atoms with Crippen molar-refractivity contribution in [1.82, 2.24) is 10.6 Å². The predicted octanol–water partition coefficient (Wildman–Crippen LogP) is 1.21. The molecule has 0 saturated carbocycles. The molecular weight excluding hydrogens is 288 g/mol. The van der Waals surface area contributed by atoms with Crippen molar-refractivity contribution in [3.8, 4) is 0 Å². The SMILES string of the molecule is CCCOC(=O)CNC1(C(C)NC(=O)OC(C)(C)C)COC1. The molecule has 128 valence electrons. The Labute approximate surface area is 132 Å². The molecule has 7 heteroatoms. The molecule has 1 aliphatic rings. The highest BCUT2D eigenvalue weighted by Crippen LogP contribution is 2.21. The van der Waals surface area contributed by atoms with E-state index in [2.05, 4.69) is 10.6 Å². The van der Waals surface area contributed by atoms with Gasteiger partial charge in [-0.05, 0) is 34.1 Å². The van der Waals surface area contributed by atoms with Crippen LogP contribution in [-0.2, 0) is 19.0 Å². The van der Waals surface area contributed by atoms with Crippen molar-refractivity contribution in [2.24, 2.45) is 0 Å². The molecule has 1 unspecified atom stereocenters. The van der Waals surface area contributed by atoms with Gasteiger partial charge in [0.1, 0.15) is 5.60 Å². The van der Waals surface area contributed by atoms with Crippen LogP contribution in [-0.4, -0.2) is 55.6 Å². The highest BCUT2D eigenvalue weighted by molar-refractivity contribution is 5.72. The highest BCUT2D eigenvalue weighted by atomic mass is 16.6. The number of carbonyl (C=O) groups excluding carboxylic acids is 2. The summed E-state index contributed by atoms with van der Waals surface area (Å²) in [5, 5.41) is 5.93. The predicted molar refractivity (Wildman–Crippen MR) is 81.6 cm³/mol. The van der Waals surface area contributed by atoms with E-state index >= 15 is 0 Å². The number of hydrogen-bond donors (Lipinski definition) is 2. The Kier molecular flexibility index (Phi) is 6.62. The minimum Gasteiger partial charge on any atom is -0.465 e. The molecule has 1 rings (SSSR count). The summed E-state index contributed by atoms with van der Waals surface area (Å²) >= 11 is 0. The molecule has 0 spiro atoms. The Morgan fingerprint density at radius 1 is 1.32 bits per heavy atom. The minimum atomic E-state index is -0.551. The Hall–Kier alpha value is -1.34. The Morgan fingerprint density at radius 2 is 1.95 bits per heavy atom. The number of esters is 1. The zero-order chi connectivity index (χ0) is 16.8. The van der Waals surface area contributed by atoms with Gasteiger partial charge in [0.15, 0.2) is 0 Å². The third-order valence-electron chi connectivity index (χ3n) is 3.33. The van der Waals surface area contributed by atoms with Crippen LogP contribution < -0.4 is 10.6 Å². The summed E-state index contributed by atoms with van der Waals surface area (Å²) in [4.78, 5) is 23.4. The maximum Gasteiger partial charge on any atom is 0.407 e. The molecule has 0 aromatic carbocycles. The van der Waals surface area contributed by atoms with E-state index in [1.165, 1.54) is 0 Å². The summed E-state index contributed by atoms with van der Waals surface area (Å²) in [6, 6.07) is -0.241. The van der Waals surface area contributed by atoms with Crippen molar-refractivity contribution < 1.29 is 23.8 Å². The van der Waals surface area contributed by atoms with E-state index in [1.54, 1.807) is 0 Å². The fraction of sp³-hybridized carbons (Fsp3) is 0.867. The summed E-state index contributed by atoms with van der Waals surface area (Å²) in [6.45, 7) is 10.6. The second-order valence-corrected chi connectivity index (χ2v) is 6.59. The van der Waals surface area contributed by atoms with Crippen LogP contribution in [0.3, 0.4) is 0 Å². The van der Waals surface area contributed by atoms with Crippen molar-refractivity contribution in [3.63, 3.8) is 0 Å². The molecule has 0 aromatic heterocycles. The van der Waals surface area contributed by atoms with Gasteiger partial charge in [-0.15, -0.1) is 0 Å². The molecule has 22 heavy (non-hydrogen) atoms. The first-order valence-corrected chi connectivity index (χ1v) is 7.66. The highest BCUT2D eigenvalue weighted by Gasteiger charge is 2.44. The monoisotopic (exact) mass is 316 g/mol. The van der Waals surface area contributed by atoms with Crippen LogP contribution in [0.4, 0.5) is 4.79 Å². The largest absolute Gasteiger partial charge is 0.465 e. The summed E-state index contributed by atoms with van der Waals surface area (Å²) < 4.78 is 15.5. The van der Waals surface area contributed by atoms with Crippen LogP contribution in [0.1, 0.15) is 41.0 Å². The summed E-state index contributed by atoms with van der Waals surface area (Å²) in [6.07, 6.45) is 0.304. The van der Waals surface area contributed by atoms with Gasteiger partial charge in [-0.2, -0.15) is 0 Å². The third-order valence-corrected chi connectivity index (χ3v) is 3.33. The molecule has 1 atom stereocenters. The quantitative estimate of drug-likeness (QED) is 0.687. The summed E-state index contributed by atoms with van der Waals surface area (Å²) in [7, 11) is 0. The number of nitrogens with one attached hydrogen (secondary N) is 2. The second-order valence-electron chi connectivity index (χ2n) is 6.59. The first-order chi connectivity index (χ1) is 10.2. The van der Waals surface area contributed by atoms with Crippen LogP contribution in [0.15, 0.2) is 0 Å². The molecule has 0 aliphatic carbocycles. The minimum absolute atomic E-state index is 0.0870. The second kappa shape index (κ2) is 7.78. The van der Waals surface area contributed by atoms with Gasteiger partial charge >= 0.3 is 12.1 Å². The summed E-state index contributed by atoms with van der Waals surface area (Å²) in [5.41, 5.74) is -1.02. The smallest absolute Gasteiger partial charge is 0.407 e. The lowest BCUT2D eigenvalue weighted by atomic mass is 9.89. The summed E-state index contributed by atoms with van der Waals surface area (Å²) in [5.74, 6) is -0.308. The lowest BCUT2D eigenvalue weighted by Crippen LogP contribution is -2.71. The number of rotatable bonds is 7. The Balaban J connectivity index is 2.47. The molecule has 1 aliphatic heterocycles. The van der Waals surface area contributed by atoms with E-state index in [-0.39, 0.29) is 18.6 Å². The van der Waals surface area contributed by atoms with Gasteiger partial charge < -0.3 is 19.5 Å². The van der Waals surface area contributed by atoms with Crippen LogP contribution in [0.2, 0.25) is 0 Å². The van der Waals surface area contributed by atoms with E-state index in [1.807, 2.05) is 34.6 Å². The van der Waals surface area contributed by atoms with Gasteiger partial charge in [-0.3, -0.25) is 10.1 Å². The Morgan fingerprint density at radius 3 is 2.41 bits per heavy atom. The van der Waals surface area contributed by atoms with Gasteiger partial charge in [0.05, 0.1) is 37.9 Å². The third kappa shape index (κ3) is 5.81. The maximum atomic E-state index is 11.8. The van der Waals surface area contributed by atoms with Gasteiger partial charge in [-0.1, -0.05) is 6.92 Å². The molecule has 2 N–H and O–H groups in total. The number of ether oxygens (including phenoxy) is 3. The van der Waals surface area contributed by atoms with Crippen molar-refractivity contribution in [1.29, 1.82) is 0 Å². The number of alkyl carbamates (subject to hydrolysis) is 1. The normalized spacial score (nSPS) is 18.0. The van der Waals surface area contributed by atoms with Crippen molar-refractivity contribution in [3.05, 3.63) is 0 Å². The molecule has 0 bridgehead atoms. The topological polar surface area (TPSA) is 85.9 Å². The van der Waals surface area contributed by atoms with Crippen molar-refractivity contribution >= 4 is 12.1 Å². The standard InChI is InChI=1S/C15H28N2O5/c1-6-7-21-12(18)8-16-15(9-20-10-15)11(2)17-13(19)22-14(3,4)5/h11,16H,6-10H2,1-5H3,(H,17,19). The lowest BCUT2D eigenvalue weighted by Gasteiger charge is -2.46. The van der Waals surface area contributed by atoms with Crippen LogP contribution in [0.5, 0.6) is 0 Å². The van der Waals surface area contributed by atoms with Gasteiger partial charge in [-0.25, -0.2) is 4.79 Å². The number of hydrogen-bond acceptors (Lipinski definition) is 6. The number of carbonyl (C=O) groups is 2. The first-order valence-electron chi connectivity index (χ1n) is 7.66. The van der Waals surface area contributed by atoms with E-state index in [9.17, 15) is 9.59 Å². The van der Waals surface area contributed by atoms with Gasteiger partial charge in [0, 0.05) is 0 Å². The fourth-order valence-electron chi connectivity index (χ4n) is 1.96. The average Bonchev–Trinajstić information content (AvgIpc) is 2.32. The van der Waals surface area contributed by atoms with Crippen molar-refractivity contribution in [2.75, 3.05) is 26.4 Å². The van der Waals surface area contributed by atoms with Gasteiger partial charge in [0.2, 0.25) is 0 Å². The molecule has 1 fully saturated rings. The average molecular weight is 316 g/mol. The molecular formula is C15H28N2O5. The van der Waals surface area contributed by atoms with E-state index in [0.29, 0.717) is 19.8 Å². The zero-order valence-corrected chi connectivity index (χ0v) is 14.2. The van der Waals surface area contributed by atoms with E-state index < -0.39 is 17.2 Å². The zero-order valence-electron chi connectivity index (χ0n) is 14.2. The molecule has 1 amide bonds. The van der Waals surface area contributed by atoms with E-state index in [0.717, 1.165) is 6.42 Å². The number of amides is 1. The van der Waals surface area contributed by atoms with Crippen LogP contribution in [0, 0.1) is 0 Å². The molecule has 0 radical (unpaired) electrons. The molecule has 0 aromatic rings. The van der Waals surface area contributed by atoms with Crippen LogP contribution >= 0.6 is 0 Å². The van der Waals surface area contributed by atoms with Crippen molar-refractivity contribution in [2.45, 2.75) is 58.2 Å². The molecule has 7 nitrogen and oxygen atoms in total. The van der Waals surface area contributed by atoms with E-state index in [4.69, 9.17) is 14.2 Å². The van der Waals surface area contributed by atoms with Gasteiger partial charge in [0.25, 0.3) is 0 Å². The first kappa shape index (κ1) is 18.7. The fourth-order valence-corrected chi connectivity index (χ4v) is 1.96. The van der Waals surface area contributed by atoms with Crippen LogP contribution in [0.25, 0.3) is 0 Å². The maximum absolute atomic E-state index is 11.8. The molecule has 1 heterocycles. The lowest BCUT2D eigenvalue weighted by molar-refractivity contribution is -0.145. The Bertz CT molecular complexity index is 388. The molecule has 1 saturated heterocycles.